The SMILES string of the molecule is CCc1ccccc1NC(=O)CNC(=O)/C=C/c1cnn(-c2ccccc2)c1. The number of aromatic nitrogens is 2. The van der Waals surface area contributed by atoms with Gasteiger partial charge in [0.15, 0.2) is 0 Å². The standard InChI is InChI=1S/C22H22N4O2/c1-2-18-8-6-7-11-20(18)25-22(28)15-23-21(27)13-12-17-14-24-26(16-17)19-9-4-3-5-10-19/h3-14,16H,2,15H2,1H3,(H,23,27)(H,25,28)/b13-12+. The van der Waals surface area contributed by atoms with Gasteiger partial charge in [-0.25, -0.2) is 4.68 Å². The van der Waals surface area contributed by atoms with Crippen molar-refractivity contribution in [3.05, 3.63) is 84.2 Å². The fourth-order valence-corrected chi connectivity index (χ4v) is 2.69. The molecule has 6 nitrogen and oxygen atoms in total. The lowest BCUT2D eigenvalue weighted by Gasteiger charge is -2.09. The monoisotopic (exact) mass is 374 g/mol. The lowest BCUT2D eigenvalue weighted by Crippen LogP contribution is -2.31. The zero-order valence-electron chi connectivity index (χ0n) is 15.6. The summed E-state index contributed by atoms with van der Waals surface area (Å²) in [7, 11) is 0. The Bertz CT molecular complexity index is 977. The first-order chi connectivity index (χ1) is 13.7. The molecular formula is C22H22N4O2. The number of hydrogen-bond donors (Lipinski definition) is 2. The number of benzene rings is 2. The van der Waals surface area contributed by atoms with Gasteiger partial charge in [0.05, 0.1) is 18.4 Å². The summed E-state index contributed by atoms with van der Waals surface area (Å²) < 4.78 is 1.73. The number of rotatable bonds is 7. The molecule has 1 heterocycles. The molecule has 0 atom stereocenters. The largest absolute Gasteiger partial charge is 0.343 e. The molecule has 0 unspecified atom stereocenters. The summed E-state index contributed by atoms with van der Waals surface area (Å²) in [6.45, 7) is 1.93. The molecule has 0 aliphatic rings. The van der Waals surface area contributed by atoms with Crippen molar-refractivity contribution in [3.8, 4) is 5.69 Å². The second kappa shape index (κ2) is 9.32. The minimum atomic E-state index is -0.341. The van der Waals surface area contributed by atoms with Crippen molar-refractivity contribution in [1.29, 1.82) is 0 Å². The highest BCUT2D eigenvalue weighted by atomic mass is 16.2. The smallest absolute Gasteiger partial charge is 0.244 e. The molecule has 3 aromatic rings. The average Bonchev–Trinajstić information content (AvgIpc) is 3.21. The zero-order valence-corrected chi connectivity index (χ0v) is 15.6. The molecule has 142 valence electrons. The number of anilines is 1. The van der Waals surface area contributed by atoms with Crippen LogP contribution >= 0.6 is 0 Å². The summed E-state index contributed by atoms with van der Waals surface area (Å²) in [5.41, 5.74) is 3.56. The van der Waals surface area contributed by atoms with Crippen LogP contribution in [0.3, 0.4) is 0 Å². The number of nitrogens with zero attached hydrogens (tertiary/aromatic N) is 2. The first-order valence-electron chi connectivity index (χ1n) is 9.09. The third-order valence-corrected chi connectivity index (χ3v) is 4.15. The van der Waals surface area contributed by atoms with E-state index in [1.807, 2.05) is 67.7 Å². The van der Waals surface area contributed by atoms with Gasteiger partial charge in [0.2, 0.25) is 11.8 Å². The zero-order chi connectivity index (χ0) is 19.8. The van der Waals surface area contributed by atoms with Crippen molar-refractivity contribution in [2.75, 3.05) is 11.9 Å². The van der Waals surface area contributed by atoms with E-state index < -0.39 is 0 Å². The molecule has 2 N–H and O–H groups in total. The summed E-state index contributed by atoms with van der Waals surface area (Å²) in [5, 5.41) is 9.68. The number of nitrogens with one attached hydrogen (secondary N) is 2. The van der Waals surface area contributed by atoms with Gasteiger partial charge in [0.25, 0.3) is 0 Å². The van der Waals surface area contributed by atoms with Crippen LogP contribution in [0.1, 0.15) is 18.1 Å². The quantitative estimate of drug-likeness (QED) is 0.624. The molecule has 28 heavy (non-hydrogen) atoms. The van der Waals surface area contributed by atoms with Crippen LogP contribution < -0.4 is 10.6 Å². The fourth-order valence-electron chi connectivity index (χ4n) is 2.69. The van der Waals surface area contributed by atoms with Gasteiger partial charge in [-0.1, -0.05) is 43.3 Å². The van der Waals surface area contributed by atoms with Gasteiger partial charge in [-0.3, -0.25) is 9.59 Å². The Balaban J connectivity index is 1.50. The van der Waals surface area contributed by atoms with Gasteiger partial charge in [-0.05, 0) is 36.3 Å². The van der Waals surface area contributed by atoms with E-state index in [1.165, 1.54) is 6.08 Å². The normalized spacial score (nSPS) is 10.8. The molecule has 3 rings (SSSR count). The van der Waals surface area contributed by atoms with Crippen LogP contribution in [0.4, 0.5) is 5.69 Å². The van der Waals surface area contributed by atoms with E-state index in [9.17, 15) is 9.59 Å². The minimum Gasteiger partial charge on any atom is -0.343 e. The van der Waals surface area contributed by atoms with Crippen LogP contribution in [0.2, 0.25) is 0 Å². The van der Waals surface area contributed by atoms with Crippen LogP contribution in [-0.2, 0) is 16.0 Å². The Labute approximate surface area is 163 Å². The van der Waals surface area contributed by atoms with E-state index in [4.69, 9.17) is 0 Å². The second-order valence-electron chi connectivity index (χ2n) is 6.16. The number of carbonyl (C=O) groups excluding carboxylic acids is 2. The average molecular weight is 374 g/mol. The van der Waals surface area contributed by atoms with Crippen molar-refractivity contribution in [1.82, 2.24) is 15.1 Å². The van der Waals surface area contributed by atoms with Crippen molar-refractivity contribution >= 4 is 23.6 Å². The van der Waals surface area contributed by atoms with Crippen LogP contribution in [0.25, 0.3) is 11.8 Å². The fraction of sp³-hybridized carbons (Fsp3) is 0.136. The number of carbonyl (C=O) groups is 2. The molecule has 0 saturated heterocycles. The maximum atomic E-state index is 12.1. The molecule has 0 saturated carbocycles. The molecule has 6 heteroatoms. The first-order valence-corrected chi connectivity index (χ1v) is 9.09. The summed E-state index contributed by atoms with van der Waals surface area (Å²) in [6, 6.07) is 17.3. The molecule has 2 amide bonds. The summed E-state index contributed by atoms with van der Waals surface area (Å²) in [5.74, 6) is -0.606. The highest BCUT2D eigenvalue weighted by Gasteiger charge is 2.06. The highest BCUT2D eigenvalue weighted by molar-refractivity contribution is 5.98. The van der Waals surface area contributed by atoms with Crippen molar-refractivity contribution in [2.45, 2.75) is 13.3 Å². The Morgan fingerprint density at radius 3 is 2.61 bits per heavy atom. The second-order valence-corrected chi connectivity index (χ2v) is 6.16. The molecule has 0 radical (unpaired) electrons. The van der Waals surface area contributed by atoms with Gasteiger partial charge < -0.3 is 10.6 Å². The minimum absolute atomic E-state index is 0.0928. The third kappa shape index (κ3) is 5.17. The Morgan fingerprint density at radius 1 is 1.07 bits per heavy atom. The maximum Gasteiger partial charge on any atom is 0.244 e. The van der Waals surface area contributed by atoms with E-state index >= 15 is 0 Å². The van der Waals surface area contributed by atoms with E-state index in [-0.39, 0.29) is 18.4 Å². The number of para-hydroxylation sites is 2. The van der Waals surface area contributed by atoms with Crippen molar-refractivity contribution in [2.24, 2.45) is 0 Å². The van der Waals surface area contributed by atoms with Crippen LogP contribution in [-0.4, -0.2) is 28.1 Å². The van der Waals surface area contributed by atoms with Gasteiger partial charge in [0, 0.05) is 23.5 Å². The number of hydrogen-bond acceptors (Lipinski definition) is 3. The lowest BCUT2D eigenvalue weighted by molar-refractivity contribution is -0.121. The molecule has 0 spiro atoms. The molecule has 0 aliphatic carbocycles. The number of aryl methyl sites for hydroxylation is 1. The molecular weight excluding hydrogens is 352 g/mol. The Hall–Kier alpha value is -3.67. The topological polar surface area (TPSA) is 76.0 Å². The van der Waals surface area contributed by atoms with Gasteiger partial charge in [-0.15, -0.1) is 0 Å². The van der Waals surface area contributed by atoms with Crippen LogP contribution in [0.15, 0.2) is 73.1 Å². The van der Waals surface area contributed by atoms with E-state index in [0.29, 0.717) is 0 Å². The summed E-state index contributed by atoms with van der Waals surface area (Å²) in [4.78, 5) is 24.0. The van der Waals surface area contributed by atoms with E-state index in [2.05, 4.69) is 15.7 Å². The van der Waals surface area contributed by atoms with Crippen molar-refractivity contribution < 1.29 is 9.59 Å². The predicted octanol–water partition coefficient (Wildman–Crippen LogP) is 3.20. The highest BCUT2D eigenvalue weighted by Crippen LogP contribution is 2.15. The van der Waals surface area contributed by atoms with E-state index in [0.717, 1.165) is 28.9 Å². The van der Waals surface area contributed by atoms with Gasteiger partial charge in [0.1, 0.15) is 0 Å². The molecule has 0 fully saturated rings. The lowest BCUT2D eigenvalue weighted by atomic mass is 10.1. The maximum absolute atomic E-state index is 12.1. The van der Waals surface area contributed by atoms with E-state index in [1.54, 1.807) is 17.0 Å². The predicted molar refractivity (Wildman–Crippen MR) is 110 cm³/mol. The first kappa shape index (κ1) is 19.1. The molecule has 2 aromatic carbocycles. The molecule has 0 bridgehead atoms. The van der Waals surface area contributed by atoms with Crippen LogP contribution in [0, 0.1) is 0 Å². The Morgan fingerprint density at radius 2 is 1.82 bits per heavy atom. The van der Waals surface area contributed by atoms with Crippen molar-refractivity contribution in [3.63, 3.8) is 0 Å². The number of amides is 2. The summed E-state index contributed by atoms with van der Waals surface area (Å²) >= 11 is 0. The Kier molecular flexibility index (Phi) is 6.36. The summed E-state index contributed by atoms with van der Waals surface area (Å²) in [6.07, 6.45) is 7.37. The molecule has 0 aliphatic heterocycles. The van der Waals surface area contributed by atoms with Gasteiger partial charge >= 0.3 is 0 Å². The van der Waals surface area contributed by atoms with Crippen LogP contribution in [0.5, 0.6) is 0 Å². The third-order valence-electron chi connectivity index (χ3n) is 4.15. The van der Waals surface area contributed by atoms with Gasteiger partial charge in [-0.2, -0.15) is 5.10 Å². The molecule has 1 aromatic heterocycles.